The molecular weight excluding hydrogens is 374 g/mol. The van der Waals surface area contributed by atoms with E-state index in [4.69, 9.17) is 16.7 Å². The van der Waals surface area contributed by atoms with Crippen LogP contribution in [0.1, 0.15) is 30.9 Å². The standard InChI is InChI=1S/C22H20ClN3S/c1-15(2)17-6-8-18(9-7-17)20-13-21-22(24-10-11-26(21)25-20)27-14-16-4-3-5-19(23)12-16/h3-13,15H,14H2,1-2H3. The molecule has 2 aromatic carbocycles. The molecule has 2 heterocycles. The van der Waals surface area contributed by atoms with Crippen LogP contribution in [-0.4, -0.2) is 14.6 Å². The van der Waals surface area contributed by atoms with Gasteiger partial charge in [-0.2, -0.15) is 5.10 Å². The van der Waals surface area contributed by atoms with Gasteiger partial charge in [-0.25, -0.2) is 9.50 Å². The first kappa shape index (κ1) is 18.1. The maximum atomic E-state index is 6.08. The second-order valence-corrected chi connectivity index (χ2v) is 8.19. The molecule has 3 nitrogen and oxygen atoms in total. The fourth-order valence-corrected chi connectivity index (χ4v) is 4.10. The molecule has 2 aromatic heterocycles. The van der Waals surface area contributed by atoms with Crippen LogP contribution in [0.15, 0.2) is 72.0 Å². The third-order valence-corrected chi connectivity index (χ3v) is 5.79. The Morgan fingerprint density at radius 3 is 2.63 bits per heavy atom. The summed E-state index contributed by atoms with van der Waals surface area (Å²) in [4.78, 5) is 4.56. The van der Waals surface area contributed by atoms with Gasteiger partial charge in [-0.3, -0.25) is 0 Å². The van der Waals surface area contributed by atoms with Gasteiger partial charge in [0.2, 0.25) is 0 Å². The molecule has 0 amide bonds. The highest BCUT2D eigenvalue weighted by molar-refractivity contribution is 7.98. The number of fused-ring (bicyclic) bond motifs is 1. The summed E-state index contributed by atoms with van der Waals surface area (Å²) in [5.41, 5.74) is 5.62. The van der Waals surface area contributed by atoms with Gasteiger partial charge in [-0.1, -0.05) is 73.6 Å². The topological polar surface area (TPSA) is 30.2 Å². The van der Waals surface area contributed by atoms with Gasteiger partial charge in [0.15, 0.2) is 0 Å². The van der Waals surface area contributed by atoms with Gasteiger partial charge in [0.1, 0.15) is 5.03 Å². The molecule has 0 atom stereocenters. The number of rotatable bonds is 5. The number of benzene rings is 2. The van der Waals surface area contributed by atoms with Crippen molar-refractivity contribution in [3.05, 3.63) is 83.1 Å². The van der Waals surface area contributed by atoms with E-state index < -0.39 is 0 Å². The first-order valence-electron chi connectivity index (χ1n) is 8.92. The maximum absolute atomic E-state index is 6.08. The predicted molar refractivity (Wildman–Crippen MR) is 114 cm³/mol. The minimum Gasteiger partial charge on any atom is -0.246 e. The summed E-state index contributed by atoms with van der Waals surface area (Å²) in [6, 6.07) is 18.7. The Balaban J connectivity index is 1.61. The van der Waals surface area contributed by atoms with Crippen molar-refractivity contribution in [3.8, 4) is 11.3 Å². The third-order valence-electron chi connectivity index (χ3n) is 4.49. The molecule has 0 N–H and O–H groups in total. The number of halogens is 1. The lowest BCUT2D eigenvalue weighted by Crippen LogP contribution is -1.91. The minimum absolute atomic E-state index is 0.527. The van der Waals surface area contributed by atoms with E-state index in [9.17, 15) is 0 Å². The van der Waals surface area contributed by atoms with Crippen molar-refractivity contribution in [2.45, 2.75) is 30.5 Å². The zero-order valence-electron chi connectivity index (χ0n) is 15.3. The van der Waals surface area contributed by atoms with Gasteiger partial charge in [-0.15, -0.1) is 0 Å². The lowest BCUT2D eigenvalue weighted by atomic mass is 10.0. The quantitative estimate of drug-likeness (QED) is 0.364. The molecule has 0 saturated heterocycles. The second kappa shape index (κ2) is 7.75. The van der Waals surface area contributed by atoms with E-state index in [1.165, 1.54) is 11.1 Å². The molecule has 0 aliphatic heterocycles. The largest absolute Gasteiger partial charge is 0.246 e. The van der Waals surface area contributed by atoms with Crippen molar-refractivity contribution < 1.29 is 0 Å². The molecule has 0 unspecified atom stereocenters. The molecule has 0 radical (unpaired) electrons. The molecular formula is C22H20ClN3S. The number of hydrogen-bond acceptors (Lipinski definition) is 3. The second-order valence-electron chi connectivity index (χ2n) is 6.79. The Bertz CT molecular complexity index is 1070. The van der Waals surface area contributed by atoms with Crippen molar-refractivity contribution in [3.63, 3.8) is 0 Å². The Morgan fingerprint density at radius 1 is 1.07 bits per heavy atom. The monoisotopic (exact) mass is 393 g/mol. The van der Waals surface area contributed by atoms with Crippen LogP contribution in [0.25, 0.3) is 16.8 Å². The lowest BCUT2D eigenvalue weighted by Gasteiger charge is -2.05. The highest BCUT2D eigenvalue weighted by Crippen LogP contribution is 2.29. The van der Waals surface area contributed by atoms with E-state index in [2.05, 4.69) is 55.2 Å². The molecule has 0 fully saturated rings. The van der Waals surface area contributed by atoms with E-state index in [0.717, 1.165) is 32.6 Å². The average Bonchev–Trinajstić information content (AvgIpc) is 3.11. The van der Waals surface area contributed by atoms with Crippen LogP contribution >= 0.6 is 23.4 Å². The summed E-state index contributed by atoms with van der Waals surface area (Å²) in [6.45, 7) is 4.41. The summed E-state index contributed by atoms with van der Waals surface area (Å²) in [7, 11) is 0. The van der Waals surface area contributed by atoms with Crippen LogP contribution < -0.4 is 0 Å². The third kappa shape index (κ3) is 4.02. The van der Waals surface area contributed by atoms with E-state index in [1.54, 1.807) is 18.0 Å². The Hall–Kier alpha value is -2.30. The molecule has 0 aliphatic rings. The summed E-state index contributed by atoms with van der Waals surface area (Å²) in [5.74, 6) is 1.34. The molecule has 4 rings (SSSR count). The summed E-state index contributed by atoms with van der Waals surface area (Å²) in [6.07, 6.45) is 3.69. The molecule has 5 heteroatoms. The lowest BCUT2D eigenvalue weighted by molar-refractivity contribution is 0.866. The normalized spacial score (nSPS) is 11.4. The average molecular weight is 394 g/mol. The van der Waals surface area contributed by atoms with Crippen molar-refractivity contribution in [2.24, 2.45) is 0 Å². The Labute approximate surface area is 168 Å². The zero-order chi connectivity index (χ0) is 18.8. The van der Waals surface area contributed by atoms with Crippen molar-refractivity contribution in [1.29, 1.82) is 0 Å². The molecule has 27 heavy (non-hydrogen) atoms. The van der Waals surface area contributed by atoms with E-state index in [-0.39, 0.29) is 0 Å². The van der Waals surface area contributed by atoms with Crippen LogP contribution in [-0.2, 0) is 5.75 Å². The number of aromatic nitrogens is 3. The minimum atomic E-state index is 0.527. The van der Waals surface area contributed by atoms with Crippen molar-refractivity contribution >= 4 is 28.9 Å². The fraction of sp³-hybridized carbons (Fsp3) is 0.182. The Morgan fingerprint density at radius 2 is 1.89 bits per heavy atom. The van der Waals surface area contributed by atoms with Gasteiger partial charge in [0.25, 0.3) is 0 Å². The summed E-state index contributed by atoms with van der Waals surface area (Å²) >= 11 is 7.78. The van der Waals surface area contributed by atoms with Crippen LogP contribution in [0, 0.1) is 0 Å². The first-order chi connectivity index (χ1) is 13.1. The molecule has 0 bridgehead atoms. The van der Waals surface area contributed by atoms with Gasteiger partial charge in [0.05, 0.1) is 11.2 Å². The molecule has 136 valence electrons. The number of hydrogen-bond donors (Lipinski definition) is 0. The fourth-order valence-electron chi connectivity index (χ4n) is 2.97. The Kier molecular flexibility index (Phi) is 5.19. The van der Waals surface area contributed by atoms with Crippen molar-refractivity contribution in [1.82, 2.24) is 14.6 Å². The van der Waals surface area contributed by atoms with E-state index in [0.29, 0.717) is 5.92 Å². The first-order valence-corrected chi connectivity index (χ1v) is 10.3. The van der Waals surface area contributed by atoms with E-state index in [1.807, 2.05) is 28.9 Å². The predicted octanol–water partition coefficient (Wildman–Crippen LogP) is 6.47. The highest BCUT2D eigenvalue weighted by Gasteiger charge is 2.10. The van der Waals surface area contributed by atoms with Crippen LogP contribution in [0.5, 0.6) is 0 Å². The number of thioether (sulfide) groups is 1. The summed E-state index contributed by atoms with van der Waals surface area (Å²) < 4.78 is 1.90. The SMILES string of the molecule is CC(C)c1ccc(-c2cc3c(SCc4cccc(Cl)c4)nccn3n2)cc1. The smallest absolute Gasteiger partial charge is 0.122 e. The van der Waals surface area contributed by atoms with Gasteiger partial charge >= 0.3 is 0 Å². The molecule has 0 saturated carbocycles. The molecule has 4 aromatic rings. The van der Waals surface area contributed by atoms with Gasteiger partial charge < -0.3 is 0 Å². The van der Waals surface area contributed by atoms with Gasteiger partial charge in [-0.05, 0) is 35.2 Å². The molecule has 0 aliphatic carbocycles. The summed E-state index contributed by atoms with van der Waals surface area (Å²) in [5, 5.41) is 6.46. The highest BCUT2D eigenvalue weighted by atomic mass is 35.5. The zero-order valence-corrected chi connectivity index (χ0v) is 16.8. The van der Waals surface area contributed by atoms with Crippen LogP contribution in [0.2, 0.25) is 5.02 Å². The van der Waals surface area contributed by atoms with Gasteiger partial charge in [0, 0.05) is 28.7 Å². The van der Waals surface area contributed by atoms with Crippen LogP contribution in [0.4, 0.5) is 0 Å². The maximum Gasteiger partial charge on any atom is 0.122 e. The van der Waals surface area contributed by atoms with Crippen LogP contribution in [0.3, 0.4) is 0 Å². The van der Waals surface area contributed by atoms with Crippen molar-refractivity contribution in [2.75, 3.05) is 0 Å². The van der Waals surface area contributed by atoms with E-state index >= 15 is 0 Å². The molecule has 0 spiro atoms. The number of nitrogens with zero attached hydrogens (tertiary/aromatic N) is 3.